The molecule has 0 aliphatic rings. The van der Waals surface area contributed by atoms with E-state index in [0.29, 0.717) is 22.6 Å². The molecule has 3 nitrogen and oxygen atoms in total. The van der Waals surface area contributed by atoms with Crippen molar-refractivity contribution in [1.29, 1.82) is 0 Å². The van der Waals surface area contributed by atoms with Crippen LogP contribution < -0.4 is 4.74 Å². The maximum absolute atomic E-state index is 13.5. The van der Waals surface area contributed by atoms with Crippen molar-refractivity contribution in [2.75, 3.05) is 7.11 Å². The predicted molar refractivity (Wildman–Crippen MR) is 64.2 cm³/mol. The molecule has 0 radical (unpaired) electrons. The van der Waals surface area contributed by atoms with Crippen LogP contribution in [0, 0.1) is 12.7 Å². The summed E-state index contributed by atoms with van der Waals surface area (Å²) in [4.78, 5) is 15.6. The first kappa shape index (κ1) is 11.7. The summed E-state index contributed by atoms with van der Waals surface area (Å²) in [5.74, 6) is -0.248. The summed E-state index contributed by atoms with van der Waals surface area (Å²) in [6.07, 6.45) is 0.695. The smallest absolute Gasteiger partial charge is 0.178 e. The van der Waals surface area contributed by atoms with E-state index in [-0.39, 0.29) is 5.75 Å². The highest BCUT2D eigenvalue weighted by atomic mass is 32.1. The van der Waals surface area contributed by atoms with E-state index in [4.69, 9.17) is 4.74 Å². The lowest BCUT2D eigenvalue weighted by Gasteiger charge is -2.03. The number of rotatable bonds is 3. The van der Waals surface area contributed by atoms with Gasteiger partial charge in [0, 0.05) is 10.4 Å². The van der Waals surface area contributed by atoms with Gasteiger partial charge < -0.3 is 4.74 Å². The van der Waals surface area contributed by atoms with E-state index in [9.17, 15) is 9.18 Å². The van der Waals surface area contributed by atoms with Crippen molar-refractivity contribution in [2.45, 2.75) is 6.92 Å². The number of halogens is 1. The fraction of sp³-hybridized carbons (Fsp3) is 0.167. The number of carbonyl (C=O) groups is 1. The van der Waals surface area contributed by atoms with Gasteiger partial charge in [0.2, 0.25) is 0 Å². The molecule has 2 rings (SSSR count). The number of nitrogens with zero attached hydrogens (tertiary/aromatic N) is 1. The van der Waals surface area contributed by atoms with Crippen molar-refractivity contribution >= 4 is 17.6 Å². The second kappa shape index (κ2) is 4.63. The number of benzene rings is 1. The van der Waals surface area contributed by atoms with Crippen LogP contribution in [-0.2, 0) is 0 Å². The molecule has 0 fully saturated rings. The molecule has 0 bridgehead atoms. The number of aldehydes is 1. The number of hydrogen-bond acceptors (Lipinski definition) is 4. The number of hydrogen-bond donors (Lipinski definition) is 0. The van der Waals surface area contributed by atoms with Crippen LogP contribution in [0.3, 0.4) is 0 Å². The number of aromatic nitrogens is 1. The van der Waals surface area contributed by atoms with Gasteiger partial charge in [-0.15, -0.1) is 11.3 Å². The van der Waals surface area contributed by atoms with Gasteiger partial charge in [-0.05, 0) is 25.1 Å². The second-order valence-electron chi connectivity index (χ2n) is 3.42. The molecular formula is C12H10FNO2S. The number of carbonyl (C=O) groups excluding carboxylic acids is 1. The third-order valence-corrected chi connectivity index (χ3v) is 3.24. The Kier molecular flexibility index (Phi) is 3.19. The monoisotopic (exact) mass is 251 g/mol. The SMILES string of the molecule is COc1ccc(-c2nc(C=O)sc2C)cc1F. The zero-order valence-electron chi connectivity index (χ0n) is 9.36. The molecule has 0 aliphatic carbocycles. The van der Waals surface area contributed by atoms with E-state index < -0.39 is 5.82 Å². The van der Waals surface area contributed by atoms with E-state index in [0.717, 1.165) is 4.88 Å². The van der Waals surface area contributed by atoms with Gasteiger partial charge >= 0.3 is 0 Å². The van der Waals surface area contributed by atoms with E-state index in [1.807, 2.05) is 6.92 Å². The average Bonchev–Trinajstić information content (AvgIpc) is 2.70. The molecule has 0 aliphatic heterocycles. The summed E-state index contributed by atoms with van der Waals surface area (Å²) in [5, 5.41) is 0.397. The Labute approximate surface area is 102 Å². The highest BCUT2D eigenvalue weighted by Crippen LogP contribution is 2.29. The summed E-state index contributed by atoms with van der Waals surface area (Å²) >= 11 is 1.29. The summed E-state index contributed by atoms with van der Waals surface area (Å²) < 4.78 is 18.4. The predicted octanol–water partition coefficient (Wildman–Crippen LogP) is 3.08. The molecule has 0 spiro atoms. The molecular weight excluding hydrogens is 241 g/mol. The van der Waals surface area contributed by atoms with Gasteiger partial charge in [-0.1, -0.05) is 0 Å². The van der Waals surface area contributed by atoms with Crippen LogP contribution in [0.1, 0.15) is 14.7 Å². The van der Waals surface area contributed by atoms with Crippen LogP contribution in [0.2, 0.25) is 0 Å². The van der Waals surface area contributed by atoms with Crippen molar-refractivity contribution in [3.05, 3.63) is 33.9 Å². The standard InChI is InChI=1S/C12H10FNO2S/c1-7-12(14-11(6-15)17-7)8-3-4-10(16-2)9(13)5-8/h3-6H,1-2H3. The quantitative estimate of drug-likeness (QED) is 0.787. The maximum Gasteiger partial charge on any atom is 0.178 e. The van der Waals surface area contributed by atoms with Crippen LogP contribution in [0.5, 0.6) is 5.75 Å². The highest BCUT2D eigenvalue weighted by Gasteiger charge is 2.11. The van der Waals surface area contributed by atoms with Crippen LogP contribution in [-0.4, -0.2) is 18.4 Å². The molecule has 0 saturated heterocycles. The zero-order valence-corrected chi connectivity index (χ0v) is 10.2. The van der Waals surface area contributed by atoms with Crippen molar-refractivity contribution < 1.29 is 13.9 Å². The molecule has 17 heavy (non-hydrogen) atoms. The number of methoxy groups -OCH3 is 1. The van der Waals surface area contributed by atoms with Crippen molar-refractivity contribution in [3.8, 4) is 17.0 Å². The molecule has 0 saturated carbocycles. The molecule has 0 unspecified atom stereocenters. The maximum atomic E-state index is 13.5. The van der Waals surface area contributed by atoms with E-state index in [2.05, 4.69) is 4.98 Å². The molecule has 2 aromatic rings. The lowest BCUT2D eigenvalue weighted by molar-refractivity contribution is 0.112. The largest absolute Gasteiger partial charge is 0.494 e. The Morgan fingerprint density at radius 1 is 1.47 bits per heavy atom. The van der Waals surface area contributed by atoms with Gasteiger partial charge in [0.15, 0.2) is 22.9 Å². The minimum absolute atomic E-state index is 0.192. The molecule has 1 aromatic heterocycles. The minimum Gasteiger partial charge on any atom is -0.494 e. The zero-order chi connectivity index (χ0) is 12.4. The number of thiazole rings is 1. The van der Waals surface area contributed by atoms with Gasteiger partial charge in [0.25, 0.3) is 0 Å². The fourth-order valence-corrected chi connectivity index (χ4v) is 2.31. The Morgan fingerprint density at radius 2 is 2.24 bits per heavy atom. The number of ether oxygens (including phenoxy) is 1. The molecule has 5 heteroatoms. The third kappa shape index (κ3) is 2.19. The van der Waals surface area contributed by atoms with Gasteiger partial charge in [-0.3, -0.25) is 4.79 Å². The van der Waals surface area contributed by atoms with Crippen LogP contribution in [0.4, 0.5) is 4.39 Å². The first-order valence-electron chi connectivity index (χ1n) is 4.92. The van der Waals surface area contributed by atoms with Crippen LogP contribution in [0.25, 0.3) is 11.3 Å². The topological polar surface area (TPSA) is 39.2 Å². The normalized spacial score (nSPS) is 10.3. The van der Waals surface area contributed by atoms with Gasteiger partial charge in [-0.2, -0.15) is 0 Å². The summed E-state index contributed by atoms with van der Waals surface area (Å²) in [6, 6.07) is 4.62. The van der Waals surface area contributed by atoms with Crippen LogP contribution >= 0.6 is 11.3 Å². The lowest BCUT2D eigenvalue weighted by atomic mass is 10.1. The lowest BCUT2D eigenvalue weighted by Crippen LogP contribution is -1.89. The first-order chi connectivity index (χ1) is 8.15. The van der Waals surface area contributed by atoms with Crippen molar-refractivity contribution in [2.24, 2.45) is 0 Å². The molecule has 0 N–H and O–H groups in total. The van der Waals surface area contributed by atoms with Crippen LogP contribution in [0.15, 0.2) is 18.2 Å². The van der Waals surface area contributed by atoms with Gasteiger partial charge in [-0.25, -0.2) is 9.37 Å². The fourth-order valence-electron chi connectivity index (χ4n) is 1.55. The number of aryl methyl sites for hydroxylation is 1. The van der Waals surface area contributed by atoms with Gasteiger partial charge in [0.1, 0.15) is 0 Å². The van der Waals surface area contributed by atoms with Gasteiger partial charge in [0.05, 0.1) is 12.8 Å². The van der Waals surface area contributed by atoms with E-state index >= 15 is 0 Å². The average molecular weight is 251 g/mol. The molecule has 1 heterocycles. The Hall–Kier alpha value is -1.75. The molecule has 0 amide bonds. The molecule has 88 valence electrons. The summed E-state index contributed by atoms with van der Waals surface area (Å²) in [5.41, 5.74) is 1.28. The van der Waals surface area contributed by atoms with E-state index in [1.165, 1.54) is 24.5 Å². The van der Waals surface area contributed by atoms with Crippen molar-refractivity contribution in [3.63, 3.8) is 0 Å². The Balaban J connectivity index is 2.49. The first-order valence-corrected chi connectivity index (χ1v) is 5.74. The van der Waals surface area contributed by atoms with E-state index in [1.54, 1.807) is 12.1 Å². The third-order valence-electron chi connectivity index (χ3n) is 2.34. The summed E-state index contributed by atoms with van der Waals surface area (Å²) in [7, 11) is 1.41. The second-order valence-corrected chi connectivity index (χ2v) is 4.66. The minimum atomic E-state index is -0.440. The highest BCUT2D eigenvalue weighted by molar-refractivity contribution is 7.13. The van der Waals surface area contributed by atoms with Crippen molar-refractivity contribution in [1.82, 2.24) is 4.98 Å². The molecule has 0 atom stereocenters. The Morgan fingerprint density at radius 3 is 2.76 bits per heavy atom. The molecule has 1 aromatic carbocycles. The summed E-state index contributed by atoms with van der Waals surface area (Å²) in [6.45, 7) is 1.85. The Bertz CT molecular complexity index is 566.